The summed E-state index contributed by atoms with van der Waals surface area (Å²) in [6.07, 6.45) is 0. The molecule has 236 valence electrons. The molecule has 0 saturated carbocycles. The zero-order valence-corrected chi connectivity index (χ0v) is 27.1. The third-order valence-corrected chi connectivity index (χ3v) is 10.2. The second-order valence-electron chi connectivity index (χ2n) is 13.0. The molecule has 11 rings (SSSR count). The molecule has 0 unspecified atom stereocenters. The Balaban J connectivity index is 1.35. The quantitative estimate of drug-likeness (QED) is 0.173. The Morgan fingerprint density at radius 2 is 0.922 bits per heavy atom. The van der Waals surface area contributed by atoms with Crippen LogP contribution in [0.15, 0.2) is 186 Å². The van der Waals surface area contributed by atoms with Gasteiger partial charge in [-0.15, -0.1) is 0 Å². The first-order valence-corrected chi connectivity index (χ1v) is 16.9. The Labute approximate surface area is 305 Å². The van der Waals surface area contributed by atoms with Crippen LogP contribution in [-0.2, 0) is 0 Å². The van der Waals surface area contributed by atoms with Gasteiger partial charge in [0.25, 0.3) is 0 Å². The fraction of sp³-hybridized carbons (Fsp3) is 0. The monoisotopic (exact) mass is 654 g/mol. The summed E-state index contributed by atoms with van der Waals surface area (Å²) >= 11 is 0. The maximum Gasteiger partial charge on any atom is 0.136 e. The van der Waals surface area contributed by atoms with Crippen molar-refractivity contribution in [2.75, 3.05) is 0 Å². The van der Waals surface area contributed by atoms with Crippen molar-refractivity contribution in [2.24, 2.45) is 0 Å². The molecular formula is C50H30O. The molecule has 11 aromatic rings. The molecule has 0 fully saturated rings. The van der Waals surface area contributed by atoms with E-state index in [-0.39, 0.29) is 45.7 Å². The van der Waals surface area contributed by atoms with Crippen molar-refractivity contribution < 1.29 is 15.4 Å². The van der Waals surface area contributed by atoms with Crippen molar-refractivity contribution in [1.29, 1.82) is 0 Å². The van der Waals surface area contributed by atoms with Crippen LogP contribution in [0.1, 0.15) is 11.0 Å². The van der Waals surface area contributed by atoms with Gasteiger partial charge in [0.05, 0.1) is 11.0 Å². The minimum absolute atomic E-state index is 0.177. The minimum Gasteiger partial charge on any atom is -0.456 e. The van der Waals surface area contributed by atoms with E-state index in [1.807, 2.05) is 109 Å². The van der Waals surface area contributed by atoms with Crippen LogP contribution in [0.2, 0.25) is 0 Å². The minimum atomic E-state index is -0.434. The van der Waals surface area contributed by atoms with E-state index in [2.05, 4.69) is 24.3 Å². The lowest BCUT2D eigenvalue weighted by molar-refractivity contribution is 0.669. The Morgan fingerprint density at radius 1 is 0.353 bits per heavy atom. The van der Waals surface area contributed by atoms with Gasteiger partial charge in [0.15, 0.2) is 0 Å². The largest absolute Gasteiger partial charge is 0.456 e. The maximum atomic E-state index is 9.54. The van der Waals surface area contributed by atoms with Crippen molar-refractivity contribution in [1.82, 2.24) is 0 Å². The smallest absolute Gasteiger partial charge is 0.136 e. The summed E-state index contributed by atoms with van der Waals surface area (Å²) in [4.78, 5) is 0. The predicted molar refractivity (Wildman–Crippen MR) is 218 cm³/mol. The fourth-order valence-electron chi connectivity index (χ4n) is 8.04. The number of furan rings is 1. The van der Waals surface area contributed by atoms with E-state index < -0.39 is 24.2 Å². The van der Waals surface area contributed by atoms with Crippen LogP contribution in [0.5, 0.6) is 0 Å². The molecule has 0 aliphatic carbocycles. The molecule has 51 heavy (non-hydrogen) atoms. The number of fused-ring (bicyclic) bond motifs is 9. The van der Waals surface area contributed by atoms with Crippen molar-refractivity contribution in [3.8, 4) is 33.4 Å². The highest BCUT2D eigenvalue weighted by molar-refractivity contribution is 6.25. The lowest BCUT2D eigenvalue weighted by Gasteiger charge is -2.19. The molecule has 0 atom stereocenters. The summed E-state index contributed by atoms with van der Waals surface area (Å²) in [7, 11) is 0. The fourth-order valence-corrected chi connectivity index (χ4v) is 8.04. The lowest BCUT2D eigenvalue weighted by Crippen LogP contribution is -1.92. The SMILES string of the molecule is [2H]c1c([2H])c([2H])c2c(-c3cc(-c4cccc5oc6ccc7ccccc7c6c45)c4ccccc4c3)c3c([2H])c([2H])c([2H])c([2H])c3c(-c3ccc4ccccc4c3)c2c1[2H]. The predicted octanol–water partition coefficient (Wildman–Crippen LogP) is 14.4. The highest BCUT2D eigenvalue weighted by Gasteiger charge is 2.20. The zero-order chi connectivity index (χ0) is 40.4. The molecule has 0 saturated heterocycles. The molecule has 0 amide bonds. The Morgan fingerprint density at radius 3 is 1.67 bits per heavy atom. The van der Waals surface area contributed by atoms with E-state index in [9.17, 15) is 5.48 Å². The van der Waals surface area contributed by atoms with Gasteiger partial charge in [0.2, 0.25) is 0 Å². The van der Waals surface area contributed by atoms with Gasteiger partial charge in [-0.05, 0) is 118 Å². The van der Waals surface area contributed by atoms with Gasteiger partial charge in [0, 0.05) is 10.8 Å². The number of rotatable bonds is 3. The van der Waals surface area contributed by atoms with E-state index >= 15 is 0 Å². The third kappa shape index (κ3) is 4.22. The van der Waals surface area contributed by atoms with Crippen LogP contribution in [0.25, 0.3) is 109 Å². The lowest BCUT2D eigenvalue weighted by atomic mass is 9.84. The first-order valence-electron chi connectivity index (χ1n) is 20.9. The summed E-state index contributed by atoms with van der Waals surface area (Å²) < 4.78 is 80.2. The normalized spacial score (nSPS) is 14.1. The molecule has 0 N–H and O–H groups in total. The van der Waals surface area contributed by atoms with Gasteiger partial charge < -0.3 is 4.42 Å². The highest BCUT2D eigenvalue weighted by atomic mass is 16.3. The molecule has 0 radical (unpaired) electrons. The second kappa shape index (κ2) is 10.9. The topological polar surface area (TPSA) is 13.1 Å². The van der Waals surface area contributed by atoms with Crippen molar-refractivity contribution in [2.45, 2.75) is 0 Å². The van der Waals surface area contributed by atoms with Crippen LogP contribution in [-0.4, -0.2) is 0 Å². The Kier molecular flexibility index (Phi) is 4.57. The van der Waals surface area contributed by atoms with Gasteiger partial charge in [-0.2, -0.15) is 0 Å². The van der Waals surface area contributed by atoms with E-state index in [0.29, 0.717) is 27.8 Å². The molecule has 0 spiro atoms. The Hall–Kier alpha value is -6.70. The van der Waals surface area contributed by atoms with Gasteiger partial charge in [-0.3, -0.25) is 0 Å². The standard InChI is InChI=1S/C50H30O/c1-2-14-33-28-35(25-24-31(33)12-1)47-39-18-7-9-20-41(39)48(42-21-10-8-19-40(42)47)36-29-34-15-4-5-16-37(34)44(30-36)43-22-11-23-45-50(43)49-38-17-6-3-13-32(38)26-27-46(49)51-45/h1-30H/i7D,8D,9D,10D,18D,19D,20D,21D. The van der Waals surface area contributed by atoms with Gasteiger partial charge >= 0.3 is 0 Å². The Bertz CT molecular complexity index is 3580. The molecule has 1 heterocycles. The van der Waals surface area contributed by atoms with Crippen LogP contribution >= 0.6 is 0 Å². The van der Waals surface area contributed by atoms with E-state index in [1.165, 1.54) is 0 Å². The summed E-state index contributed by atoms with van der Waals surface area (Å²) in [5, 5.41) is 8.35. The number of hydrogen-bond donors (Lipinski definition) is 0. The molecule has 0 aliphatic rings. The summed E-state index contributed by atoms with van der Waals surface area (Å²) in [5.74, 6) is 0. The van der Waals surface area contributed by atoms with Crippen LogP contribution < -0.4 is 0 Å². The molecule has 1 nitrogen and oxygen atoms in total. The molecule has 1 heteroatoms. The third-order valence-electron chi connectivity index (χ3n) is 10.2. The van der Waals surface area contributed by atoms with E-state index in [1.54, 1.807) is 0 Å². The van der Waals surface area contributed by atoms with Gasteiger partial charge in [-0.25, -0.2) is 0 Å². The van der Waals surface area contributed by atoms with Crippen LogP contribution in [0.3, 0.4) is 0 Å². The zero-order valence-electron chi connectivity index (χ0n) is 35.1. The molecular weight excluding hydrogens is 617 g/mol. The first kappa shape index (κ1) is 21.4. The summed E-state index contributed by atoms with van der Waals surface area (Å²) in [6, 6.07) is 40.7. The average molecular weight is 655 g/mol. The first-order chi connectivity index (χ1) is 28.6. The van der Waals surface area contributed by atoms with Crippen LogP contribution in [0, 0.1) is 0 Å². The molecule has 1 aromatic heterocycles. The molecule has 0 aliphatic heterocycles. The van der Waals surface area contributed by atoms with Gasteiger partial charge in [0.1, 0.15) is 11.2 Å². The summed E-state index contributed by atoms with van der Waals surface area (Å²) in [5.41, 5.74) is 4.93. The maximum absolute atomic E-state index is 9.54. The second-order valence-corrected chi connectivity index (χ2v) is 13.0. The molecule has 10 aromatic carbocycles. The van der Waals surface area contributed by atoms with Gasteiger partial charge in [-0.1, -0.05) is 151 Å². The van der Waals surface area contributed by atoms with Crippen LogP contribution in [0.4, 0.5) is 0 Å². The average Bonchev–Trinajstić information content (AvgIpc) is 3.67. The number of benzene rings is 10. The molecule has 0 bridgehead atoms. The van der Waals surface area contributed by atoms with Crippen molar-refractivity contribution in [3.63, 3.8) is 0 Å². The van der Waals surface area contributed by atoms with E-state index in [4.69, 9.17) is 9.90 Å². The summed E-state index contributed by atoms with van der Waals surface area (Å²) in [6.45, 7) is 0. The van der Waals surface area contributed by atoms with Crippen molar-refractivity contribution >= 4 is 75.8 Å². The van der Waals surface area contributed by atoms with E-state index in [0.717, 1.165) is 59.8 Å². The van der Waals surface area contributed by atoms with Crippen molar-refractivity contribution in [3.05, 3.63) is 182 Å². The number of hydrogen-bond acceptors (Lipinski definition) is 1. The highest BCUT2D eigenvalue weighted by Crippen LogP contribution is 2.47.